The number of hydrogen-bond acceptors (Lipinski definition) is 4. The van der Waals surface area contributed by atoms with E-state index in [1.54, 1.807) is 0 Å². The summed E-state index contributed by atoms with van der Waals surface area (Å²) in [6.07, 6.45) is 1.89. The standard InChI is InChI=1S/C43H34BN3O2.Pt/c1-25-20-26(2)41(27(3)21-25)47-35-11-8-7-10-33(35)46-42(47)29-15-17-37-32(23-29)44-31-22-28(34-24-30(18-19-45-34)43(4,5)6)14-16-36(31)48-38-12-9-13-39(49-37)40(38)44;/h7-21,24H,1-6H3;/q-2;+2. The molecular weight excluding hydrogens is 796 g/mol. The summed E-state index contributed by atoms with van der Waals surface area (Å²) in [5, 5.41) is 0. The number of fused-ring (bicyclic) bond motifs is 5. The largest absolute Gasteiger partial charge is 2.00 e. The Kier molecular flexibility index (Phi) is 7.65. The van der Waals surface area contributed by atoms with Gasteiger partial charge in [0, 0.05) is 28.8 Å². The van der Waals surface area contributed by atoms with Gasteiger partial charge in [-0.1, -0.05) is 62.7 Å². The average molecular weight is 831 g/mol. The second kappa shape index (κ2) is 11.8. The first-order valence-corrected chi connectivity index (χ1v) is 16.8. The van der Waals surface area contributed by atoms with Crippen LogP contribution in [0.2, 0.25) is 0 Å². The average Bonchev–Trinajstić information content (AvgIpc) is 3.46. The molecule has 5 nitrogen and oxygen atoms in total. The van der Waals surface area contributed by atoms with Gasteiger partial charge in [-0.2, -0.15) is 0 Å². The second-order valence-electron chi connectivity index (χ2n) is 14.3. The quantitative estimate of drug-likeness (QED) is 0.133. The molecule has 50 heavy (non-hydrogen) atoms. The number of aryl methyl sites for hydroxylation is 3. The molecule has 2 aromatic heterocycles. The van der Waals surface area contributed by atoms with Gasteiger partial charge in [-0.05, 0) is 78.9 Å². The molecule has 7 heteroatoms. The molecule has 0 saturated carbocycles. The molecule has 0 amide bonds. The van der Waals surface area contributed by atoms with E-state index < -0.39 is 0 Å². The van der Waals surface area contributed by atoms with E-state index in [1.165, 1.54) is 22.3 Å². The van der Waals surface area contributed by atoms with Crippen LogP contribution in [0.1, 0.15) is 43.0 Å². The van der Waals surface area contributed by atoms with E-state index in [4.69, 9.17) is 19.4 Å². The van der Waals surface area contributed by atoms with E-state index in [2.05, 4.69) is 119 Å². The first kappa shape index (κ1) is 32.3. The molecule has 4 heterocycles. The van der Waals surface area contributed by atoms with Crippen molar-refractivity contribution in [2.24, 2.45) is 0 Å². The van der Waals surface area contributed by atoms with Crippen LogP contribution in [0.4, 0.5) is 0 Å². The zero-order chi connectivity index (χ0) is 33.6. The third kappa shape index (κ3) is 5.12. The molecular formula is C43H34BN3O2Pt. The van der Waals surface area contributed by atoms with Crippen molar-refractivity contribution in [1.29, 1.82) is 0 Å². The molecule has 0 N–H and O–H groups in total. The van der Waals surface area contributed by atoms with E-state index in [9.17, 15) is 0 Å². The van der Waals surface area contributed by atoms with Gasteiger partial charge in [-0.3, -0.25) is 4.98 Å². The Bertz CT molecular complexity index is 2460. The molecule has 0 spiro atoms. The molecule has 7 aromatic rings. The molecule has 246 valence electrons. The Morgan fingerprint density at radius 1 is 0.700 bits per heavy atom. The van der Waals surface area contributed by atoms with Gasteiger partial charge in [0.1, 0.15) is 11.5 Å². The van der Waals surface area contributed by atoms with Gasteiger partial charge in [0.15, 0.2) is 0 Å². The van der Waals surface area contributed by atoms with E-state index >= 15 is 0 Å². The molecule has 0 radical (unpaired) electrons. The predicted octanol–water partition coefficient (Wildman–Crippen LogP) is 8.30. The number of nitrogens with zero attached hydrogens (tertiary/aromatic N) is 3. The van der Waals surface area contributed by atoms with Crippen LogP contribution in [0.25, 0.3) is 39.4 Å². The van der Waals surface area contributed by atoms with Crippen molar-refractivity contribution < 1.29 is 30.5 Å². The van der Waals surface area contributed by atoms with Crippen molar-refractivity contribution in [3.63, 3.8) is 0 Å². The number of aromatic nitrogens is 3. The van der Waals surface area contributed by atoms with E-state index in [0.29, 0.717) is 0 Å². The van der Waals surface area contributed by atoms with Gasteiger partial charge in [-0.25, -0.2) is 0 Å². The Hall–Kier alpha value is -4.93. The number of ether oxygens (including phenoxy) is 2. The molecule has 0 fully saturated rings. The van der Waals surface area contributed by atoms with Gasteiger partial charge in [0.2, 0.25) is 6.71 Å². The molecule has 2 aliphatic rings. The van der Waals surface area contributed by atoms with Crippen LogP contribution in [0.3, 0.4) is 0 Å². The minimum Gasteiger partial charge on any atom is -0.503 e. The molecule has 5 aromatic carbocycles. The molecule has 9 rings (SSSR count). The Morgan fingerprint density at radius 3 is 2.02 bits per heavy atom. The van der Waals surface area contributed by atoms with Crippen LogP contribution in [0, 0.1) is 32.9 Å². The van der Waals surface area contributed by atoms with Gasteiger partial charge < -0.3 is 19.0 Å². The number of benzene rings is 5. The minimum absolute atomic E-state index is 0. The fourth-order valence-electron chi connectivity index (χ4n) is 7.54. The normalized spacial score (nSPS) is 12.7. The molecule has 0 aliphatic carbocycles. The summed E-state index contributed by atoms with van der Waals surface area (Å²) in [6.45, 7) is 13.0. The first-order chi connectivity index (χ1) is 23.6. The summed E-state index contributed by atoms with van der Waals surface area (Å²) in [7, 11) is 0. The second-order valence-corrected chi connectivity index (χ2v) is 14.3. The smallest absolute Gasteiger partial charge is 0.503 e. The summed E-state index contributed by atoms with van der Waals surface area (Å²) in [5.41, 5.74) is 13.6. The third-order valence-corrected chi connectivity index (χ3v) is 9.77. The number of pyridine rings is 1. The van der Waals surface area contributed by atoms with Crippen LogP contribution in [0.5, 0.6) is 23.0 Å². The summed E-state index contributed by atoms with van der Waals surface area (Å²) < 4.78 is 15.4. The fourth-order valence-corrected chi connectivity index (χ4v) is 7.54. The van der Waals surface area contributed by atoms with E-state index in [0.717, 1.165) is 78.8 Å². The summed E-state index contributed by atoms with van der Waals surface area (Å²) in [4.78, 5) is 9.98. The van der Waals surface area contributed by atoms with Crippen molar-refractivity contribution in [2.75, 3.05) is 0 Å². The Balaban J connectivity index is 0.00000361. The van der Waals surface area contributed by atoms with E-state index in [-0.39, 0.29) is 33.2 Å². The molecule has 0 atom stereocenters. The SMILES string of the molecule is Cc1cc(C)c(-n2c(-c3[c-]c4c(cc3)Oc3cccc5c3B4c3[c-]c(-c4cc(C(C)(C)C)ccn4)ccc3O5)nc3ccccc32)c(C)c1.[Pt+2]. The van der Waals surface area contributed by atoms with Gasteiger partial charge >= 0.3 is 21.1 Å². The maximum Gasteiger partial charge on any atom is 2.00 e. The van der Waals surface area contributed by atoms with Crippen molar-refractivity contribution >= 4 is 34.1 Å². The maximum absolute atomic E-state index is 6.56. The summed E-state index contributed by atoms with van der Waals surface area (Å²) in [6, 6.07) is 38.9. The maximum atomic E-state index is 6.56. The van der Waals surface area contributed by atoms with Gasteiger partial charge in [0.05, 0.1) is 16.9 Å². The van der Waals surface area contributed by atoms with Crippen LogP contribution < -0.4 is 25.9 Å². The molecule has 0 unspecified atom stereocenters. The Labute approximate surface area is 307 Å². The van der Waals surface area contributed by atoms with Crippen molar-refractivity contribution in [1.82, 2.24) is 14.5 Å². The summed E-state index contributed by atoms with van der Waals surface area (Å²) in [5.74, 6) is 3.95. The van der Waals surface area contributed by atoms with Gasteiger partial charge in [0.25, 0.3) is 0 Å². The molecule has 2 aliphatic heterocycles. The van der Waals surface area contributed by atoms with Crippen molar-refractivity contribution in [3.8, 4) is 51.3 Å². The van der Waals surface area contributed by atoms with Crippen LogP contribution in [-0.2, 0) is 26.5 Å². The van der Waals surface area contributed by atoms with Crippen LogP contribution in [0.15, 0.2) is 97.2 Å². The number of imidazole rings is 1. The molecule has 0 saturated heterocycles. The van der Waals surface area contributed by atoms with Gasteiger partial charge in [-0.15, -0.1) is 58.5 Å². The predicted molar refractivity (Wildman–Crippen MR) is 198 cm³/mol. The summed E-state index contributed by atoms with van der Waals surface area (Å²) >= 11 is 0. The minimum atomic E-state index is -0.204. The topological polar surface area (TPSA) is 49.2 Å². The number of rotatable bonds is 3. The monoisotopic (exact) mass is 830 g/mol. The fraction of sp³-hybridized carbons (Fsp3) is 0.163. The Morgan fingerprint density at radius 2 is 1.34 bits per heavy atom. The zero-order valence-corrected chi connectivity index (χ0v) is 31.1. The molecule has 0 bridgehead atoms. The van der Waals surface area contributed by atoms with Crippen LogP contribution >= 0.6 is 0 Å². The third-order valence-electron chi connectivity index (χ3n) is 9.77. The van der Waals surface area contributed by atoms with Crippen molar-refractivity contribution in [3.05, 3.63) is 132 Å². The number of para-hydroxylation sites is 2. The first-order valence-electron chi connectivity index (χ1n) is 16.8. The zero-order valence-electron chi connectivity index (χ0n) is 28.8. The van der Waals surface area contributed by atoms with Crippen molar-refractivity contribution in [2.45, 2.75) is 47.0 Å². The van der Waals surface area contributed by atoms with Crippen LogP contribution in [-0.4, -0.2) is 21.2 Å². The van der Waals surface area contributed by atoms with E-state index in [1.807, 2.05) is 36.5 Å². The number of hydrogen-bond donors (Lipinski definition) is 0.